The molecule has 1 fully saturated rings. The quantitative estimate of drug-likeness (QED) is 0.394. The Kier molecular flexibility index (Phi) is 7.89. The van der Waals surface area contributed by atoms with E-state index in [0.29, 0.717) is 34.5 Å². The summed E-state index contributed by atoms with van der Waals surface area (Å²) in [6.07, 6.45) is 11.0. The molecule has 1 aliphatic rings. The predicted molar refractivity (Wildman–Crippen MR) is 127 cm³/mol. The van der Waals surface area contributed by atoms with E-state index in [0.717, 1.165) is 37.5 Å². The number of halogens is 2. The van der Waals surface area contributed by atoms with Gasteiger partial charge in [0.1, 0.15) is 6.10 Å². The molecule has 2 N–H and O–H groups in total. The molecule has 0 unspecified atom stereocenters. The molecule has 0 spiro atoms. The van der Waals surface area contributed by atoms with E-state index >= 15 is 0 Å². The molecule has 0 bridgehead atoms. The minimum Gasteiger partial charge on any atom is -0.481 e. The fraction of sp³-hybridized carbons (Fsp3) is 0.280. The van der Waals surface area contributed by atoms with Crippen LogP contribution in [-0.2, 0) is 4.79 Å². The number of carboxylic acid groups (broad SMARTS) is 1. The number of nitrogens with zero attached hydrogens (tertiary/aromatic N) is 5. The number of hydrogen-bond donors (Lipinski definition) is 2. The zero-order valence-corrected chi connectivity index (χ0v) is 19.5. The molecule has 0 radical (unpaired) electrons. The third kappa shape index (κ3) is 6.44. The maximum absolute atomic E-state index is 13.5. The third-order valence-electron chi connectivity index (χ3n) is 5.45. The van der Waals surface area contributed by atoms with E-state index in [1.807, 2.05) is 12.1 Å². The fourth-order valence-electron chi connectivity index (χ4n) is 3.70. The van der Waals surface area contributed by atoms with Gasteiger partial charge < -0.3 is 9.84 Å². The molecule has 9 nitrogen and oxygen atoms in total. The normalized spacial score (nSPS) is 13.5. The molecule has 0 atom stereocenters. The number of hydrogen-bond acceptors (Lipinski definition) is 7. The average Bonchev–Trinajstić information content (AvgIpc) is 3.37. The van der Waals surface area contributed by atoms with Crippen molar-refractivity contribution < 1.29 is 23.4 Å². The number of carboxylic acids is 1. The van der Waals surface area contributed by atoms with Gasteiger partial charge >= 0.3 is 6.01 Å². The van der Waals surface area contributed by atoms with Crippen LogP contribution in [0, 0.1) is 11.6 Å². The molecule has 1 aromatic carbocycles. The monoisotopic (exact) mass is 494 g/mol. The van der Waals surface area contributed by atoms with Crippen molar-refractivity contribution in [1.29, 1.82) is 0 Å². The van der Waals surface area contributed by atoms with Crippen molar-refractivity contribution in [2.45, 2.75) is 45.1 Å². The van der Waals surface area contributed by atoms with Crippen LogP contribution in [0.25, 0.3) is 34.0 Å². The summed E-state index contributed by atoms with van der Waals surface area (Å²) in [4.78, 5) is 26.4. The van der Waals surface area contributed by atoms with Crippen molar-refractivity contribution in [3.05, 3.63) is 60.6 Å². The number of pyridine rings is 1. The number of carbonyl (C=O) groups is 1. The molecule has 3 heterocycles. The molecule has 3 aromatic heterocycles. The zero-order chi connectivity index (χ0) is 25.5. The molecule has 0 amide bonds. The molecular weight excluding hydrogens is 470 g/mol. The van der Waals surface area contributed by atoms with Crippen LogP contribution in [0.1, 0.15) is 39.0 Å². The molecular formula is C25H24F2N6O3. The molecule has 0 saturated heterocycles. The average molecular weight is 495 g/mol. The molecule has 1 aliphatic carbocycles. The van der Waals surface area contributed by atoms with Crippen molar-refractivity contribution in [2.75, 3.05) is 0 Å². The highest BCUT2D eigenvalue weighted by atomic mass is 19.2. The van der Waals surface area contributed by atoms with Crippen molar-refractivity contribution in [3.8, 4) is 40.0 Å². The van der Waals surface area contributed by atoms with Gasteiger partial charge in [0.2, 0.25) is 0 Å². The molecule has 1 saturated carbocycles. The Labute approximate surface area is 205 Å². The highest BCUT2D eigenvalue weighted by molar-refractivity contribution is 5.64. The van der Waals surface area contributed by atoms with E-state index in [2.05, 4.69) is 30.1 Å². The van der Waals surface area contributed by atoms with Crippen LogP contribution in [0.5, 0.6) is 6.01 Å². The second-order valence-electron chi connectivity index (χ2n) is 8.22. The maximum Gasteiger partial charge on any atom is 0.316 e. The largest absolute Gasteiger partial charge is 0.481 e. The lowest BCUT2D eigenvalue weighted by atomic mass is 9.98. The van der Waals surface area contributed by atoms with Crippen LogP contribution in [-0.4, -0.2) is 47.3 Å². The topological polar surface area (TPSA) is 127 Å². The highest BCUT2D eigenvalue weighted by Crippen LogP contribution is 2.25. The van der Waals surface area contributed by atoms with Gasteiger partial charge in [-0.05, 0) is 56.0 Å². The van der Waals surface area contributed by atoms with Crippen LogP contribution in [0.15, 0.2) is 48.9 Å². The first-order valence-electron chi connectivity index (χ1n) is 11.4. The van der Waals surface area contributed by atoms with Gasteiger partial charge in [-0.25, -0.2) is 23.7 Å². The summed E-state index contributed by atoms with van der Waals surface area (Å²) in [5.41, 5.74) is 2.55. The first kappa shape index (κ1) is 24.8. The summed E-state index contributed by atoms with van der Waals surface area (Å²) in [7, 11) is 0. The number of rotatable bonds is 5. The number of aromatic amines is 1. The van der Waals surface area contributed by atoms with Crippen LogP contribution in [0.4, 0.5) is 8.78 Å². The van der Waals surface area contributed by atoms with Crippen molar-refractivity contribution in [3.63, 3.8) is 0 Å². The maximum atomic E-state index is 13.5. The summed E-state index contributed by atoms with van der Waals surface area (Å²) in [5, 5.41) is 14.3. The van der Waals surface area contributed by atoms with Crippen molar-refractivity contribution in [1.82, 2.24) is 30.1 Å². The van der Waals surface area contributed by atoms with Gasteiger partial charge in [0, 0.05) is 42.2 Å². The van der Waals surface area contributed by atoms with Crippen LogP contribution in [0.3, 0.4) is 0 Å². The molecule has 186 valence electrons. The van der Waals surface area contributed by atoms with Gasteiger partial charge in [0.05, 0.1) is 5.69 Å². The van der Waals surface area contributed by atoms with E-state index in [1.165, 1.54) is 25.3 Å². The minimum absolute atomic E-state index is 0.199. The minimum atomic E-state index is -0.941. The molecule has 4 aromatic rings. The lowest BCUT2D eigenvalue weighted by Gasteiger charge is -2.21. The molecule has 5 rings (SSSR count). The first-order chi connectivity index (χ1) is 17.4. The third-order valence-corrected chi connectivity index (χ3v) is 5.45. The second kappa shape index (κ2) is 11.4. The van der Waals surface area contributed by atoms with E-state index in [1.54, 1.807) is 18.6 Å². The summed E-state index contributed by atoms with van der Waals surface area (Å²) >= 11 is 0. The van der Waals surface area contributed by atoms with Gasteiger partial charge in [-0.15, -0.1) is 0 Å². The highest BCUT2D eigenvalue weighted by Gasteiger charge is 2.16. The Balaban J connectivity index is 0.000000709. The Morgan fingerprint density at radius 1 is 0.944 bits per heavy atom. The summed E-state index contributed by atoms with van der Waals surface area (Å²) in [6, 6.07) is 7.60. The summed E-state index contributed by atoms with van der Waals surface area (Å²) < 4.78 is 32.5. The Morgan fingerprint density at radius 3 is 2.25 bits per heavy atom. The van der Waals surface area contributed by atoms with Crippen LogP contribution < -0.4 is 4.74 Å². The van der Waals surface area contributed by atoms with Gasteiger partial charge in [-0.1, -0.05) is 6.42 Å². The number of H-pyrrole nitrogens is 1. The van der Waals surface area contributed by atoms with E-state index in [9.17, 15) is 8.78 Å². The molecule has 36 heavy (non-hydrogen) atoms. The SMILES string of the molecule is CC(=O)O.Fc1ccc(-c2nc(-c3ccc(-c4cnc(OC5CCCCC5)nc4)nc3)n[nH]2)cc1F. The van der Waals surface area contributed by atoms with Crippen molar-refractivity contribution in [2.24, 2.45) is 0 Å². The number of ether oxygens (including phenoxy) is 1. The smallest absolute Gasteiger partial charge is 0.316 e. The number of benzene rings is 1. The van der Waals surface area contributed by atoms with E-state index < -0.39 is 17.6 Å². The zero-order valence-electron chi connectivity index (χ0n) is 19.5. The Hall–Kier alpha value is -4.28. The van der Waals surface area contributed by atoms with Gasteiger partial charge in [0.25, 0.3) is 5.97 Å². The van der Waals surface area contributed by atoms with Crippen LogP contribution in [0.2, 0.25) is 0 Å². The predicted octanol–water partition coefficient (Wildman–Crippen LogP) is 5.07. The fourth-order valence-corrected chi connectivity index (χ4v) is 3.70. The van der Waals surface area contributed by atoms with E-state index in [4.69, 9.17) is 14.6 Å². The number of aromatic nitrogens is 6. The van der Waals surface area contributed by atoms with Gasteiger partial charge in [-0.3, -0.25) is 14.9 Å². The number of aliphatic carboxylic acids is 1. The molecule has 0 aliphatic heterocycles. The second-order valence-corrected chi connectivity index (χ2v) is 8.22. The van der Waals surface area contributed by atoms with Gasteiger partial charge in [-0.2, -0.15) is 5.10 Å². The van der Waals surface area contributed by atoms with Crippen LogP contribution >= 0.6 is 0 Å². The Bertz CT molecular complexity index is 1300. The lowest BCUT2D eigenvalue weighted by Crippen LogP contribution is -2.20. The Morgan fingerprint density at radius 2 is 1.61 bits per heavy atom. The number of nitrogens with one attached hydrogen (secondary N) is 1. The van der Waals surface area contributed by atoms with Crippen molar-refractivity contribution >= 4 is 5.97 Å². The standard InChI is InChI=1S/C23H20F2N6O.C2H4O2/c24-18-8-6-14(10-19(18)25)21-29-22(31-30-21)15-7-9-20(26-11-15)16-12-27-23(28-13-16)32-17-4-2-1-3-5-17;1-2(3)4/h6-13,17H,1-5H2,(H,29,30,31);1H3,(H,3,4). The first-order valence-corrected chi connectivity index (χ1v) is 11.4. The van der Waals surface area contributed by atoms with E-state index in [-0.39, 0.29) is 6.10 Å². The summed E-state index contributed by atoms with van der Waals surface area (Å²) in [5.74, 6) is -1.95. The lowest BCUT2D eigenvalue weighted by molar-refractivity contribution is -0.134. The van der Waals surface area contributed by atoms with Gasteiger partial charge in [0.15, 0.2) is 23.3 Å². The summed E-state index contributed by atoms with van der Waals surface area (Å²) in [6.45, 7) is 1.08. The molecule has 11 heteroatoms.